The van der Waals surface area contributed by atoms with E-state index in [1.165, 1.54) is 11.1 Å². The smallest absolute Gasteiger partial charge is 0.0768 e. The summed E-state index contributed by atoms with van der Waals surface area (Å²) in [5.74, 6) is 0. The summed E-state index contributed by atoms with van der Waals surface area (Å²) in [6, 6.07) is 13.6. The molecule has 1 nitrogen and oxygen atoms in total. The zero-order valence-corrected chi connectivity index (χ0v) is 11.9. The van der Waals surface area contributed by atoms with E-state index in [4.69, 9.17) is 23.2 Å². The van der Waals surface area contributed by atoms with Crippen LogP contribution in [-0.2, 0) is 19.3 Å². The molecule has 2 aromatic rings. The van der Waals surface area contributed by atoms with Crippen LogP contribution in [0.5, 0.6) is 0 Å². The Morgan fingerprint density at radius 2 is 1.63 bits per heavy atom. The van der Waals surface area contributed by atoms with E-state index in [0.717, 1.165) is 5.56 Å². The molecule has 0 aliphatic heterocycles. The predicted molar refractivity (Wildman–Crippen MR) is 79.0 cm³/mol. The van der Waals surface area contributed by atoms with Gasteiger partial charge < -0.3 is 5.11 Å². The molecule has 0 spiro atoms. The molecule has 0 atom stereocenters. The van der Waals surface area contributed by atoms with Gasteiger partial charge in [-0.25, -0.2) is 0 Å². The van der Waals surface area contributed by atoms with E-state index in [1.54, 1.807) is 12.1 Å². The average molecular weight is 293 g/mol. The van der Waals surface area contributed by atoms with E-state index in [-0.39, 0.29) is 0 Å². The van der Waals surface area contributed by atoms with E-state index in [9.17, 15) is 5.11 Å². The minimum atomic E-state index is -0.752. The molecular formula is C16H14Cl2O. The maximum Gasteiger partial charge on any atom is 0.0768 e. The standard InChI is InChI=1S/C16H14Cl2O/c17-14-5-6-15(18)13(7-14)10-16(19)8-11-3-1-2-4-12(11)9-16/h1-7,19H,8-10H2. The molecule has 3 heteroatoms. The molecule has 0 aromatic heterocycles. The molecule has 0 bridgehead atoms. The van der Waals surface area contributed by atoms with Crippen molar-refractivity contribution in [1.82, 2.24) is 0 Å². The van der Waals surface area contributed by atoms with Crippen LogP contribution in [-0.4, -0.2) is 10.7 Å². The summed E-state index contributed by atoms with van der Waals surface area (Å²) in [4.78, 5) is 0. The molecule has 0 saturated heterocycles. The summed E-state index contributed by atoms with van der Waals surface area (Å²) in [6.45, 7) is 0. The van der Waals surface area contributed by atoms with Crippen LogP contribution in [0, 0.1) is 0 Å². The van der Waals surface area contributed by atoms with Gasteiger partial charge in [-0.3, -0.25) is 0 Å². The normalized spacial score (nSPS) is 16.4. The SMILES string of the molecule is OC1(Cc2cc(Cl)ccc2Cl)Cc2ccccc2C1. The third-order valence-electron chi connectivity index (χ3n) is 3.68. The second-order valence-corrected chi connectivity index (χ2v) is 6.10. The fraction of sp³-hybridized carbons (Fsp3) is 0.250. The molecule has 0 radical (unpaired) electrons. The summed E-state index contributed by atoms with van der Waals surface area (Å²) >= 11 is 12.2. The number of aliphatic hydroxyl groups is 1. The van der Waals surface area contributed by atoms with E-state index in [2.05, 4.69) is 12.1 Å². The van der Waals surface area contributed by atoms with Crippen LogP contribution in [0.1, 0.15) is 16.7 Å². The van der Waals surface area contributed by atoms with Crippen LogP contribution >= 0.6 is 23.2 Å². The molecule has 2 aromatic carbocycles. The molecule has 0 fully saturated rings. The van der Waals surface area contributed by atoms with Crippen molar-refractivity contribution in [3.8, 4) is 0 Å². The van der Waals surface area contributed by atoms with Gasteiger partial charge in [0, 0.05) is 29.3 Å². The van der Waals surface area contributed by atoms with Crippen molar-refractivity contribution >= 4 is 23.2 Å². The van der Waals surface area contributed by atoms with Crippen molar-refractivity contribution in [2.45, 2.75) is 24.9 Å². The molecule has 0 saturated carbocycles. The molecule has 0 unspecified atom stereocenters. The van der Waals surface area contributed by atoms with Crippen molar-refractivity contribution < 1.29 is 5.11 Å². The van der Waals surface area contributed by atoms with Crippen LogP contribution in [0.15, 0.2) is 42.5 Å². The second kappa shape index (κ2) is 4.82. The first-order valence-corrected chi connectivity index (χ1v) is 7.04. The van der Waals surface area contributed by atoms with E-state index in [1.807, 2.05) is 18.2 Å². The number of rotatable bonds is 2. The van der Waals surface area contributed by atoms with Crippen LogP contribution in [0.25, 0.3) is 0 Å². The van der Waals surface area contributed by atoms with Gasteiger partial charge in [0.1, 0.15) is 0 Å². The first-order valence-electron chi connectivity index (χ1n) is 6.29. The van der Waals surface area contributed by atoms with Crippen molar-refractivity contribution in [3.63, 3.8) is 0 Å². The minimum Gasteiger partial charge on any atom is -0.389 e. The fourth-order valence-electron chi connectivity index (χ4n) is 2.83. The Morgan fingerprint density at radius 1 is 1.00 bits per heavy atom. The van der Waals surface area contributed by atoms with Crippen LogP contribution < -0.4 is 0 Å². The first-order chi connectivity index (χ1) is 9.06. The Balaban J connectivity index is 1.87. The fourth-order valence-corrected chi connectivity index (χ4v) is 3.21. The molecule has 0 amide bonds. The van der Waals surface area contributed by atoms with Gasteiger partial charge in [-0.15, -0.1) is 0 Å². The second-order valence-electron chi connectivity index (χ2n) is 5.26. The molecule has 1 N–H and O–H groups in total. The Morgan fingerprint density at radius 3 is 2.26 bits per heavy atom. The lowest BCUT2D eigenvalue weighted by Crippen LogP contribution is -2.32. The lowest BCUT2D eigenvalue weighted by molar-refractivity contribution is 0.0518. The highest BCUT2D eigenvalue weighted by atomic mass is 35.5. The Hall–Kier alpha value is -1.02. The van der Waals surface area contributed by atoms with Gasteiger partial charge in [-0.05, 0) is 34.9 Å². The highest BCUT2D eigenvalue weighted by Gasteiger charge is 2.35. The average Bonchev–Trinajstić information content (AvgIpc) is 2.69. The van der Waals surface area contributed by atoms with Gasteiger partial charge in [-0.1, -0.05) is 47.5 Å². The Bertz CT molecular complexity index is 597. The summed E-state index contributed by atoms with van der Waals surface area (Å²) in [5, 5.41) is 12.1. The largest absolute Gasteiger partial charge is 0.389 e. The van der Waals surface area contributed by atoms with Gasteiger partial charge in [0.15, 0.2) is 0 Å². The number of hydrogen-bond acceptors (Lipinski definition) is 1. The van der Waals surface area contributed by atoms with Gasteiger partial charge in [0.2, 0.25) is 0 Å². The molecule has 1 aliphatic carbocycles. The third kappa shape index (κ3) is 2.64. The van der Waals surface area contributed by atoms with Crippen molar-refractivity contribution in [1.29, 1.82) is 0 Å². The molecule has 98 valence electrons. The van der Waals surface area contributed by atoms with Crippen LogP contribution in [0.2, 0.25) is 10.0 Å². The van der Waals surface area contributed by atoms with E-state index < -0.39 is 5.60 Å². The van der Waals surface area contributed by atoms with Gasteiger partial charge in [0.05, 0.1) is 5.60 Å². The highest BCUT2D eigenvalue weighted by molar-refractivity contribution is 6.33. The predicted octanol–water partition coefficient (Wildman–Crippen LogP) is 4.07. The first kappa shape index (κ1) is 13.0. The summed E-state index contributed by atoms with van der Waals surface area (Å²) in [5.41, 5.74) is 2.61. The molecule has 1 aliphatic rings. The maximum absolute atomic E-state index is 10.8. The monoisotopic (exact) mass is 292 g/mol. The number of fused-ring (bicyclic) bond motifs is 1. The molecular weight excluding hydrogens is 279 g/mol. The third-order valence-corrected chi connectivity index (χ3v) is 4.29. The molecule has 19 heavy (non-hydrogen) atoms. The molecule has 3 rings (SSSR count). The van der Waals surface area contributed by atoms with Gasteiger partial charge in [0.25, 0.3) is 0 Å². The Labute approximate surface area is 122 Å². The van der Waals surface area contributed by atoms with Crippen molar-refractivity contribution in [3.05, 3.63) is 69.2 Å². The van der Waals surface area contributed by atoms with Gasteiger partial charge in [-0.2, -0.15) is 0 Å². The lowest BCUT2D eigenvalue weighted by atomic mass is 9.91. The topological polar surface area (TPSA) is 20.2 Å². The Kier molecular flexibility index (Phi) is 3.30. The number of halogens is 2. The highest BCUT2D eigenvalue weighted by Crippen LogP contribution is 2.34. The molecule has 0 heterocycles. The zero-order valence-electron chi connectivity index (χ0n) is 10.4. The quantitative estimate of drug-likeness (QED) is 0.885. The minimum absolute atomic E-state index is 0.529. The van der Waals surface area contributed by atoms with Crippen molar-refractivity contribution in [2.75, 3.05) is 0 Å². The van der Waals surface area contributed by atoms with E-state index in [0.29, 0.717) is 29.3 Å². The number of hydrogen-bond donors (Lipinski definition) is 1. The summed E-state index contributed by atoms with van der Waals surface area (Å²) < 4.78 is 0. The number of benzene rings is 2. The van der Waals surface area contributed by atoms with Crippen LogP contribution in [0.4, 0.5) is 0 Å². The van der Waals surface area contributed by atoms with Crippen LogP contribution in [0.3, 0.4) is 0 Å². The van der Waals surface area contributed by atoms with E-state index >= 15 is 0 Å². The maximum atomic E-state index is 10.8. The summed E-state index contributed by atoms with van der Waals surface area (Å²) in [6.07, 6.45) is 1.87. The zero-order chi connectivity index (χ0) is 13.5. The summed E-state index contributed by atoms with van der Waals surface area (Å²) in [7, 11) is 0. The van der Waals surface area contributed by atoms with Crippen molar-refractivity contribution in [2.24, 2.45) is 0 Å². The van der Waals surface area contributed by atoms with Gasteiger partial charge >= 0.3 is 0 Å². The lowest BCUT2D eigenvalue weighted by Gasteiger charge is -2.23.